The number of nitrogens with one attached hydrogen (secondary N) is 1. The summed E-state index contributed by atoms with van der Waals surface area (Å²) in [6.07, 6.45) is 2.56. The van der Waals surface area contributed by atoms with Crippen molar-refractivity contribution in [3.05, 3.63) is 59.2 Å². The number of primary amides is 2. The van der Waals surface area contributed by atoms with Crippen LogP contribution in [-0.4, -0.2) is 31.4 Å². The van der Waals surface area contributed by atoms with Crippen LogP contribution in [0, 0.1) is 0 Å². The third-order valence-electron chi connectivity index (χ3n) is 3.60. The van der Waals surface area contributed by atoms with Crippen LogP contribution in [0.4, 0.5) is 14.5 Å². The summed E-state index contributed by atoms with van der Waals surface area (Å²) in [6.45, 7) is -3.00. The Morgan fingerprint density at radius 3 is 2.14 bits per heavy atom. The third kappa shape index (κ3) is 6.03. The van der Waals surface area contributed by atoms with E-state index in [0.29, 0.717) is 5.56 Å². The van der Waals surface area contributed by atoms with Crippen molar-refractivity contribution >= 4 is 29.5 Å². The van der Waals surface area contributed by atoms with Gasteiger partial charge in [0.2, 0.25) is 17.7 Å². The van der Waals surface area contributed by atoms with E-state index in [0.717, 1.165) is 6.08 Å². The average molecular weight is 405 g/mol. The van der Waals surface area contributed by atoms with E-state index < -0.39 is 24.3 Å². The Balaban J connectivity index is 2.17. The Labute approximate surface area is 164 Å². The predicted octanol–water partition coefficient (Wildman–Crippen LogP) is 2.15. The zero-order chi connectivity index (χ0) is 21.6. The summed E-state index contributed by atoms with van der Waals surface area (Å²) < 4.78 is 34.0. The molecule has 0 spiro atoms. The standard InChI is InChI=1S/C19H17F2N3O5/c1-28-15-6-10(2-4-14(15)29-19(20)21)3-5-16(25)24-13-8-11(17(22)26)7-12(9-13)18(23)27/h2-9,19H,1H3,(H2,22,26)(H2,23,27)(H,24,25)/b5-3+. The normalized spacial score (nSPS) is 10.8. The SMILES string of the molecule is COc1cc(/C=C/C(=O)Nc2cc(C(N)=O)cc(C(N)=O)c2)ccc1OC(F)F. The van der Waals surface area contributed by atoms with E-state index in [2.05, 4.69) is 10.1 Å². The fourth-order valence-electron chi connectivity index (χ4n) is 2.32. The number of ether oxygens (including phenoxy) is 2. The van der Waals surface area contributed by atoms with Crippen LogP contribution >= 0.6 is 0 Å². The fourth-order valence-corrected chi connectivity index (χ4v) is 2.32. The van der Waals surface area contributed by atoms with Gasteiger partial charge in [-0.3, -0.25) is 14.4 Å². The van der Waals surface area contributed by atoms with E-state index in [9.17, 15) is 23.2 Å². The minimum Gasteiger partial charge on any atom is -0.493 e. The maximum absolute atomic E-state index is 12.4. The second-order valence-electron chi connectivity index (χ2n) is 5.64. The van der Waals surface area contributed by atoms with Crippen molar-refractivity contribution < 1.29 is 32.6 Å². The Morgan fingerprint density at radius 2 is 1.62 bits per heavy atom. The first-order valence-corrected chi connectivity index (χ1v) is 8.06. The molecule has 29 heavy (non-hydrogen) atoms. The lowest BCUT2D eigenvalue weighted by Gasteiger charge is -2.10. The lowest BCUT2D eigenvalue weighted by Crippen LogP contribution is -2.17. The third-order valence-corrected chi connectivity index (χ3v) is 3.60. The van der Waals surface area contributed by atoms with Gasteiger partial charge in [0.05, 0.1) is 7.11 Å². The van der Waals surface area contributed by atoms with Gasteiger partial charge in [-0.1, -0.05) is 6.07 Å². The van der Waals surface area contributed by atoms with Crippen LogP contribution in [0.5, 0.6) is 11.5 Å². The molecule has 0 aliphatic rings. The molecule has 5 N–H and O–H groups in total. The summed E-state index contributed by atoms with van der Waals surface area (Å²) >= 11 is 0. The molecule has 10 heteroatoms. The second kappa shape index (κ2) is 9.31. The lowest BCUT2D eigenvalue weighted by molar-refractivity contribution is -0.111. The van der Waals surface area contributed by atoms with E-state index in [1.165, 1.54) is 49.6 Å². The Kier molecular flexibility index (Phi) is 6.85. The van der Waals surface area contributed by atoms with Crippen molar-refractivity contribution in [1.29, 1.82) is 0 Å². The number of benzene rings is 2. The molecular weight excluding hydrogens is 388 g/mol. The summed E-state index contributed by atoms with van der Waals surface area (Å²) in [5, 5.41) is 2.47. The summed E-state index contributed by atoms with van der Waals surface area (Å²) in [7, 11) is 1.29. The number of rotatable bonds is 8. The van der Waals surface area contributed by atoms with Gasteiger partial charge in [0.25, 0.3) is 0 Å². The molecule has 2 aromatic carbocycles. The molecule has 0 bridgehead atoms. The first-order chi connectivity index (χ1) is 13.7. The molecule has 8 nitrogen and oxygen atoms in total. The molecule has 152 valence electrons. The van der Waals surface area contributed by atoms with Gasteiger partial charge < -0.3 is 26.3 Å². The maximum atomic E-state index is 12.4. The van der Waals surface area contributed by atoms with Gasteiger partial charge in [0.1, 0.15) is 0 Å². The van der Waals surface area contributed by atoms with E-state index in [4.69, 9.17) is 16.2 Å². The molecule has 3 amide bonds. The van der Waals surface area contributed by atoms with Gasteiger partial charge in [0.15, 0.2) is 11.5 Å². The van der Waals surface area contributed by atoms with Crippen molar-refractivity contribution in [2.24, 2.45) is 11.5 Å². The summed E-state index contributed by atoms with van der Waals surface area (Å²) in [4.78, 5) is 34.8. The minimum absolute atomic E-state index is 0.0000604. The Hall–Kier alpha value is -3.95. The summed E-state index contributed by atoms with van der Waals surface area (Å²) in [5.74, 6) is -2.26. The molecule has 0 unspecified atom stereocenters. The molecule has 0 aliphatic heterocycles. The minimum atomic E-state index is -3.00. The van der Waals surface area contributed by atoms with E-state index in [-0.39, 0.29) is 28.3 Å². The largest absolute Gasteiger partial charge is 0.493 e. The Morgan fingerprint density at radius 1 is 1.00 bits per heavy atom. The number of anilines is 1. The van der Waals surface area contributed by atoms with Gasteiger partial charge in [-0.2, -0.15) is 8.78 Å². The molecule has 0 aliphatic carbocycles. The van der Waals surface area contributed by atoms with Crippen LogP contribution in [0.1, 0.15) is 26.3 Å². The smallest absolute Gasteiger partial charge is 0.387 e. The monoisotopic (exact) mass is 405 g/mol. The highest BCUT2D eigenvalue weighted by atomic mass is 19.3. The van der Waals surface area contributed by atoms with Gasteiger partial charge in [-0.15, -0.1) is 0 Å². The number of alkyl halides is 2. The number of carbonyl (C=O) groups is 3. The van der Waals surface area contributed by atoms with Gasteiger partial charge in [-0.05, 0) is 42.0 Å². The number of halogens is 2. The van der Waals surface area contributed by atoms with E-state index in [1.807, 2.05) is 0 Å². The predicted molar refractivity (Wildman–Crippen MR) is 101 cm³/mol. The van der Waals surface area contributed by atoms with Crippen LogP contribution in [0.25, 0.3) is 6.08 Å². The van der Waals surface area contributed by atoms with Gasteiger partial charge >= 0.3 is 6.61 Å². The van der Waals surface area contributed by atoms with Crippen molar-refractivity contribution in [1.82, 2.24) is 0 Å². The zero-order valence-electron chi connectivity index (χ0n) is 15.1. The lowest BCUT2D eigenvalue weighted by atomic mass is 10.1. The number of amides is 3. The highest BCUT2D eigenvalue weighted by Crippen LogP contribution is 2.29. The molecule has 0 saturated heterocycles. The van der Waals surface area contributed by atoms with Crippen LogP contribution in [0.3, 0.4) is 0 Å². The molecular formula is C19H17F2N3O5. The Bertz CT molecular complexity index is 944. The zero-order valence-corrected chi connectivity index (χ0v) is 15.1. The number of hydrogen-bond acceptors (Lipinski definition) is 5. The fraction of sp³-hybridized carbons (Fsp3) is 0.105. The van der Waals surface area contributed by atoms with Crippen LogP contribution < -0.4 is 26.3 Å². The van der Waals surface area contributed by atoms with Crippen LogP contribution in [0.15, 0.2) is 42.5 Å². The molecule has 2 rings (SSSR count). The first-order valence-electron chi connectivity index (χ1n) is 8.06. The second-order valence-corrected chi connectivity index (χ2v) is 5.64. The topological polar surface area (TPSA) is 134 Å². The molecule has 0 fully saturated rings. The highest BCUT2D eigenvalue weighted by molar-refractivity contribution is 6.05. The maximum Gasteiger partial charge on any atom is 0.387 e. The van der Waals surface area contributed by atoms with Crippen molar-refractivity contribution in [2.45, 2.75) is 6.61 Å². The van der Waals surface area contributed by atoms with Crippen LogP contribution in [0.2, 0.25) is 0 Å². The van der Waals surface area contributed by atoms with Gasteiger partial charge in [-0.25, -0.2) is 0 Å². The highest BCUT2D eigenvalue weighted by Gasteiger charge is 2.12. The quantitative estimate of drug-likeness (QED) is 0.579. The van der Waals surface area contributed by atoms with E-state index in [1.54, 1.807) is 0 Å². The molecule has 0 heterocycles. The van der Waals surface area contributed by atoms with Crippen molar-refractivity contribution in [2.75, 3.05) is 12.4 Å². The first kappa shape index (κ1) is 21.4. The molecule has 2 aromatic rings. The number of nitrogens with two attached hydrogens (primary N) is 2. The number of carbonyl (C=O) groups excluding carboxylic acids is 3. The molecule has 0 atom stereocenters. The van der Waals surface area contributed by atoms with Crippen LogP contribution in [-0.2, 0) is 4.79 Å². The summed E-state index contributed by atoms with van der Waals surface area (Å²) in [6, 6.07) is 7.92. The molecule has 0 saturated carbocycles. The average Bonchev–Trinajstić information content (AvgIpc) is 2.66. The summed E-state index contributed by atoms with van der Waals surface area (Å²) in [5.41, 5.74) is 11.0. The van der Waals surface area contributed by atoms with E-state index >= 15 is 0 Å². The number of hydrogen-bond donors (Lipinski definition) is 3. The number of methoxy groups -OCH3 is 1. The van der Waals surface area contributed by atoms with Crippen molar-refractivity contribution in [3.63, 3.8) is 0 Å². The van der Waals surface area contributed by atoms with Crippen molar-refractivity contribution in [3.8, 4) is 11.5 Å². The van der Waals surface area contributed by atoms with Gasteiger partial charge in [0, 0.05) is 22.9 Å². The molecule has 0 aromatic heterocycles. The molecule has 0 radical (unpaired) electrons.